The number of nitrogens with zero attached hydrogens (tertiary/aromatic N) is 2. The van der Waals surface area contributed by atoms with Crippen molar-refractivity contribution in [2.45, 2.75) is 26.7 Å². The van der Waals surface area contributed by atoms with Gasteiger partial charge in [-0.2, -0.15) is 5.26 Å². The van der Waals surface area contributed by atoms with Gasteiger partial charge < -0.3 is 5.32 Å². The molecular formula is C14H15N3S. The summed E-state index contributed by atoms with van der Waals surface area (Å²) in [5, 5.41) is 15.2. The molecule has 0 spiro atoms. The van der Waals surface area contributed by atoms with Gasteiger partial charge in [0.25, 0.3) is 0 Å². The van der Waals surface area contributed by atoms with Crippen LogP contribution in [-0.2, 0) is 0 Å². The van der Waals surface area contributed by atoms with E-state index in [1.807, 2.05) is 25.1 Å². The molecule has 2 rings (SSSR count). The largest absolute Gasteiger partial charge is 0.330 e. The molecule has 1 N–H and O–H groups in total. The fraction of sp³-hybridized carbons (Fsp3) is 0.286. The lowest BCUT2D eigenvalue weighted by Crippen LogP contribution is -1.95. The molecule has 0 saturated carbocycles. The Morgan fingerprint density at radius 2 is 2.17 bits per heavy atom. The molecule has 2 aromatic rings. The van der Waals surface area contributed by atoms with E-state index in [4.69, 9.17) is 5.26 Å². The van der Waals surface area contributed by atoms with Crippen LogP contribution in [0.5, 0.6) is 0 Å². The van der Waals surface area contributed by atoms with E-state index >= 15 is 0 Å². The molecule has 4 heteroatoms. The highest BCUT2D eigenvalue weighted by molar-refractivity contribution is 7.13. The summed E-state index contributed by atoms with van der Waals surface area (Å²) in [4.78, 5) is 4.51. The predicted molar refractivity (Wildman–Crippen MR) is 75.4 cm³/mol. The van der Waals surface area contributed by atoms with Crippen molar-refractivity contribution >= 4 is 22.2 Å². The number of benzene rings is 1. The lowest BCUT2D eigenvalue weighted by atomic mass is 10.1. The van der Waals surface area contributed by atoms with Gasteiger partial charge in [0.2, 0.25) is 0 Å². The molecule has 0 amide bonds. The van der Waals surface area contributed by atoms with E-state index in [0.29, 0.717) is 11.5 Å². The molecular weight excluding hydrogens is 242 g/mol. The standard InChI is InChI=1S/C14H15N3S/c1-9(2)13-8-18-14(17-13)16-12-6-10(3)4-5-11(12)7-15/h4-6,8-9H,1-3H3,(H,16,17). The second kappa shape index (κ2) is 5.19. The normalized spacial score (nSPS) is 10.4. The third-order valence-electron chi connectivity index (χ3n) is 2.65. The monoisotopic (exact) mass is 257 g/mol. The van der Waals surface area contributed by atoms with Gasteiger partial charge in [0.15, 0.2) is 5.13 Å². The van der Waals surface area contributed by atoms with Gasteiger partial charge in [0, 0.05) is 5.38 Å². The smallest absolute Gasteiger partial charge is 0.187 e. The summed E-state index contributed by atoms with van der Waals surface area (Å²) >= 11 is 1.57. The van der Waals surface area contributed by atoms with Crippen LogP contribution < -0.4 is 5.32 Å². The Morgan fingerprint density at radius 1 is 1.39 bits per heavy atom. The SMILES string of the molecule is Cc1ccc(C#N)c(Nc2nc(C(C)C)cs2)c1. The fourth-order valence-electron chi connectivity index (χ4n) is 1.58. The second-order valence-electron chi connectivity index (χ2n) is 4.52. The summed E-state index contributed by atoms with van der Waals surface area (Å²) in [5.41, 5.74) is 3.66. The van der Waals surface area contributed by atoms with Crippen LogP contribution >= 0.6 is 11.3 Å². The topological polar surface area (TPSA) is 48.7 Å². The van der Waals surface area contributed by atoms with Gasteiger partial charge in [0.05, 0.1) is 16.9 Å². The Kier molecular flexibility index (Phi) is 3.63. The molecule has 1 aromatic heterocycles. The molecule has 0 unspecified atom stereocenters. The summed E-state index contributed by atoms with van der Waals surface area (Å²) in [6.45, 7) is 6.24. The summed E-state index contributed by atoms with van der Waals surface area (Å²) in [7, 11) is 0. The van der Waals surface area contributed by atoms with Gasteiger partial charge >= 0.3 is 0 Å². The number of aromatic nitrogens is 1. The number of thiazole rings is 1. The highest BCUT2D eigenvalue weighted by atomic mass is 32.1. The van der Waals surface area contributed by atoms with E-state index in [0.717, 1.165) is 22.1 Å². The average molecular weight is 257 g/mol. The molecule has 0 saturated heterocycles. The number of nitriles is 1. The van der Waals surface area contributed by atoms with Crippen LogP contribution in [0.2, 0.25) is 0 Å². The molecule has 0 aliphatic rings. The first-order valence-electron chi connectivity index (χ1n) is 5.83. The minimum Gasteiger partial charge on any atom is -0.330 e. The van der Waals surface area contributed by atoms with Crippen molar-refractivity contribution in [2.24, 2.45) is 0 Å². The van der Waals surface area contributed by atoms with Gasteiger partial charge in [-0.25, -0.2) is 4.98 Å². The summed E-state index contributed by atoms with van der Waals surface area (Å²) in [5.74, 6) is 0.421. The molecule has 1 heterocycles. The zero-order valence-electron chi connectivity index (χ0n) is 10.7. The van der Waals surface area contributed by atoms with E-state index in [2.05, 4.69) is 35.6 Å². The van der Waals surface area contributed by atoms with Gasteiger partial charge in [-0.05, 0) is 30.5 Å². The second-order valence-corrected chi connectivity index (χ2v) is 5.38. The highest BCUT2D eigenvalue weighted by Gasteiger charge is 2.08. The van der Waals surface area contributed by atoms with Crippen molar-refractivity contribution in [3.8, 4) is 6.07 Å². The highest BCUT2D eigenvalue weighted by Crippen LogP contribution is 2.26. The zero-order chi connectivity index (χ0) is 13.1. The Hall–Kier alpha value is -1.86. The zero-order valence-corrected chi connectivity index (χ0v) is 11.5. The maximum atomic E-state index is 9.07. The Bertz CT molecular complexity index is 593. The summed E-state index contributed by atoms with van der Waals surface area (Å²) in [6, 6.07) is 7.92. The predicted octanol–water partition coefficient (Wildman–Crippen LogP) is 4.19. The van der Waals surface area contributed by atoms with Crippen molar-refractivity contribution in [2.75, 3.05) is 5.32 Å². The van der Waals surface area contributed by atoms with E-state index in [-0.39, 0.29) is 0 Å². The van der Waals surface area contributed by atoms with Crippen LogP contribution in [0, 0.1) is 18.3 Å². The maximum absolute atomic E-state index is 9.07. The summed E-state index contributed by atoms with van der Waals surface area (Å²) in [6.07, 6.45) is 0. The molecule has 0 aliphatic heterocycles. The first-order chi connectivity index (χ1) is 8.60. The summed E-state index contributed by atoms with van der Waals surface area (Å²) < 4.78 is 0. The molecule has 0 atom stereocenters. The number of anilines is 2. The minimum absolute atomic E-state index is 0.421. The molecule has 0 bridgehead atoms. The first kappa shape index (κ1) is 12.6. The number of hydrogen-bond acceptors (Lipinski definition) is 4. The van der Waals surface area contributed by atoms with Crippen molar-refractivity contribution in [1.29, 1.82) is 5.26 Å². The number of hydrogen-bond donors (Lipinski definition) is 1. The van der Waals surface area contributed by atoms with Crippen LogP contribution in [0.15, 0.2) is 23.6 Å². The molecule has 0 fully saturated rings. The van der Waals surface area contributed by atoms with Crippen LogP contribution in [0.1, 0.15) is 36.6 Å². The van der Waals surface area contributed by atoms with Crippen LogP contribution in [0.3, 0.4) is 0 Å². The van der Waals surface area contributed by atoms with E-state index in [9.17, 15) is 0 Å². The quantitative estimate of drug-likeness (QED) is 0.896. The fourth-order valence-corrected chi connectivity index (χ4v) is 2.47. The molecule has 18 heavy (non-hydrogen) atoms. The maximum Gasteiger partial charge on any atom is 0.187 e. The molecule has 0 radical (unpaired) electrons. The average Bonchev–Trinajstić information content (AvgIpc) is 2.78. The van der Waals surface area contributed by atoms with Gasteiger partial charge in [0.1, 0.15) is 6.07 Å². The molecule has 1 aromatic carbocycles. The first-order valence-corrected chi connectivity index (χ1v) is 6.71. The Labute approximate surface area is 111 Å². The number of rotatable bonds is 3. The van der Waals surface area contributed by atoms with Gasteiger partial charge in [-0.1, -0.05) is 19.9 Å². The van der Waals surface area contributed by atoms with Crippen molar-refractivity contribution in [3.05, 3.63) is 40.4 Å². The van der Waals surface area contributed by atoms with Crippen LogP contribution in [0.25, 0.3) is 0 Å². The molecule has 3 nitrogen and oxygen atoms in total. The minimum atomic E-state index is 0.421. The Morgan fingerprint density at radius 3 is 2.78 bits per heavy atom. The third-order valence-corrected chi connectivity index (χ3v) is 3.43. The van der Waals surface area contributed by atoms with Crippen LogP contribution in [0.4, 0.5) is 10.8 Å². The van der Waals surface area contributed by atoms with Gasteiger partial charge in [-0.3, -0.25) is 0 Å². The number of nitrogens with one attached hydrogen (secondary N) is 1. The van der Waals surface area contributed by atoms with E-state index < -0.39 is 0 Å². The lowest BCUT2D eigenvalue weighted by Gasteiger charge is -2.06. The van der Waals surface area contributed by atoms with E-state index in [1.165, 1.54) is 0 Å². The van der Waals surface area contributed by atoms with Gasteiger partial charge in [-0.15, -0.1) is 11.3 Å². The van der Waals surface area contributed by atoms with Crippen molar-refractivity contribution in [3.63, 3.8) is 0 Å². The molecule has 0 aliphatic carbocycles. The van der Waals surface area contributed by atoms with E-state index in [1.54, 1.807) is 11.3 Å². The van der Waals surface area contributed by atoms with Crippen LogP contribution in [-0.4, -0.2) is 4.98 Å². The number of aryl methyl sites for hydroxylation is 1. The van der Waals surface area contributed by atoms with Crippen molar-refractivity contribution in [1.82, 2.24) is 4.98 Å². The molecule has 92 valence electrons. The third kappa shape index (κ3) is 2.69. The Balaban J connectivity index is 2.28. The van der Waals surface area contributed by atoms with Crippen molar-refractivity contribution < 1.29 is 0 Å². The lowest BCUT2D eigenvalue weighted by molar-refractivity contribution is 0.834.